The van der Waals surface area contributed by atoms with Gasteiger partial charge in [-0.3, -0.25) is 0 Å². The molecule has 1 N–H and O–H groups in total. The summed E-state index contributed by atoms with van der Waals surface area (Å²) >= 11 is 0. The lowest BCUT2D eigenvalue weighted by atomic mass is 10.0. The van der Waals surface area contributed by atoms with Crippen LogP contribution in [0.3, 0.4) is 0 Å². The van der Waals surface area contributed by atoms with Crippen molar-refractivity contribution < 1.29 is 28.5 Å². The number of hydrogen-bond acceptors (Lipinski definition) is 9. The van der Waals surface area contributed by atoms with Crippen LogP contribution in [0.15, 0.2) is 30.3 Å². The number of anilines is 2. The summed E-state index contributed by atoms with van der Waals surface area (Å²) < 4.78 is 32.1. The number of carboxylic acid groups (broad SMARTS) is 1. The van der Waals surface area contributed by atoms with Crippen molar-refractivity contribution in [3.05, 3.63) is 47.4 Å². The van der Waals surface area contributed by atoms with Gasteiger partial charge in [-0.1, -0.05) is 24.3 Å². The van der Waals surface area contributed by atoms with Crippen LogP contribution in [0.25, 0.3) is 10.8 Å². The maximum atomic E-state index is 15.3. The standard InChI is InChI=1S/C29H37FN6O5/c1-19(16-33(2)3)41-28-31-23-17-36(10-9-22(23)27(32-28)34-11-13-35(14-12-34)29(37)38)24-15-25(40-18-39-4)26(30)21-8-6-5-7-20(21)24/h5-8,15,19H,9-14,16-18H2,1-4H3,(H,37,38). The summed E-state index contributed by atoms with van der Waals surface area (Å²) in [5.41, 5.74) is 2.71. The van der Waals surface area contributed by atoms with Crippen LogP contribution in [0.5, 0.6) is 11.8 Å². The van der Waals surface area contributed by atoms with E-state index in [0.717, 1.165) is 28.1 Å². The molecule has 1 aromatic heterocycles. The Labute approximate surface area is 239 Å². The van der Waals surface area contributed by atoms with E-state index in [4.69, 9.17) is 24.2 Å². The van der Waals surface area contributed by atoms with E-state index in [1.807, 2.05) is 44.1 Å². The van der Waals surface area contributed by atoms with Crippen molar-refractivity contribution in [3.8, 4) is 11.8 Å². The number of ether oxygens (including phenoxy) is 3. The number of amides is 1. The average molecular weight is 569 g/mol. The summed E-state index contributed by atoms with van der Waals surface area (Å²) in [6.07, 6.45) is -0.384. The molecule has 0 bridgehead atoms. The molecule has 2 aliphatic rings. The zero-order valence-electron chi connectivity index (χ0n) is 24.0. The Balaban J connectivity index is 1.51. The minimum Gasteiger partial charge on any atom is -0.465 e. The Morgan fingerprint density at radius 1 is 1.10 bits per heavy atom. The van der Waals surface area contributed by atoms with E-state index in [1.54, 1.807) is 12.1 Å². The van der Waals surface area contributed by atoms with Crippen molar-refractivity contribution in [1.29, 1.82) is 0 Å². The summed E-state index contributed by atoms with van der Waals surface area (Å²) in [4.78, 5) is 28.9. The summed E-state index contributed by atoms with van der Waals surface area (Å²) in [6, 6.07) is 9.39. The number of piperazine rings is 1. The highest BCUT2D eigenvalue weighted by molar-refractivity contribution is 5.96. The van der Waals surface area contributed by atoms with Gasteiger partial charge < -0.3 is 38.9 Å². The van der Waals surface area contributed by atoms with Crippen LogP contribution in [0.2, 0.25) is 0 Å². The molecule has 0 radical (unpaired) electrons. The van der Waals surface area contributed by atoms with Gasteiger partial charge in [-0.15, -0.1) is 0 Å². The van der Waals surface area contributed by atoms with Gasteiger partial charge in [-0.2, -0.15) is 9.97 Å². The fraction of sp³-hybridized carbons (Fsp3) is 0.483. The van der Waals surface area contributed by atoms with Crippen LogP contribution in [-0.4, -0.2) is 104 Å². The second-order valence-corrected chi connectivity index (χ2v) is 10.7. The predicted octanol–water partition coefficient (Wildman–Crippen LogP) is 3.44. The first-order valence-corrected chi connectivity index (χ1v) is 13.8. The first-order valence-electron chi connectivity index (χ1n) is 13.8. The number of aromatic nitrogens is 2. The van der Waals surface area contributed by atoms with Crippen molar-refractivity contribution in [2.75, 3.05) is 77.1 Å². The van der Waals surface area contributed by atoms with E-state index in [9.17, 15) is 9.90 Å². The summed E-state index contributed by atoms with van der Waals surface area (Å²) in [5.74, 6) is 0.502. The quantitative estimate of drug-likeness (QED) is 0.386. The number of halogens is 1. The van der Waals surface area contributed by atoms with Gasteiger partial charge >= 0.3 is 12.1 Å². The monoisotopic (exact) mass is 568 g/mol. The topological polar surface area (TPSA) is 104 Å². The van der Waals surface area contributed by atoms with E-state index in [1.165, 1.54) is 12.0 Å². The molecule has 0 aliphatic carbocycles. The van der Waals surface area contributed by atoms with E-state index in [2.05, 4.69) is 9.80 Å². The Morgan fingerprint density at radius 2 is 1.83 bits per heavy atom. The van der Waals surface area contributed by atoms with E-state index >= 15 is 4.39 Å². The number of rotatable bonds is 9. The molecule has 1 amide bonds. The van der Waals surface area contributed by atoms with Gasteiger partial charge in [0.1, 0.15) is 11.9 Å². The predicted molar refractivity (Wildman–Crippen MR) is 154 cm³/mol. The minimum atomic E-state index is -0.910. The molecule has 1 fully saturated rings. The molecule has 41 heavy (non-hydrogen) atoms. The number of fused-ring (bicyclic) bond motifs is 2. The normalized spacial score (nSPS) is 16.2. The Kier molecular flexibility index (Phi) is 8.60. The third-order valence-corrected chi connectivity index (χ3v) is 7.40. The van der Waals surface area contributed by atoms with E-state index in [-0.39, 0.29) is 18.6 Å². The van der Waals surface area contributed by atoms with Crippen molar-refractivity contribution in [2.24, 2.45) is 0 Å². The zero-order valence-corrected chi connectivity index (χ0v) is 24.0. The first kappa shape index (κ1) is 28.6. The van der Waals surface area contributed by atoms with Gasteiger partial charge in [0.05, 0.1) is 12.2 Å². The van der Waals surface area contributed by atoms with Gasteiger partial charge in [0.25, 0.3) is 0 Å². The lowest BCUT2D eigenvalue weighted by molar-refractivity contribution is 0.0485. The van der Waals surface area contributed by atoms with Crippen LogP contribution in [0.4, 0.5) is 20.7 Å². The van der Waals surface area contributed by atoms with Crippen molar-refractivity contribution in [2.45, 2.75) is 26.0 Å². The van der Waals surface area contributed by atoms with Crippen LogP contribution in [-0.2, 0) is 17.7 Å². The van der Waals surface area contributed by atoms with Gasteiger partial charge in [0, 0.05) is 74.5 Å². The number of nitrogens with zero attached hydrogens (tertiary/aromatic N) is 6. The zero-order chi connectivity index (χ0) is 29.1. The Morgan fingerprint density at radius 3 is 2.51 bits per heavy atom. The summed E-state index contributed by atoms with van der Waals surface area (Å²) in [5, 5.41) is 10.7. The van der Waals surface area contributed by atoms with Crippen molar-refractivity contribution in [3.63, 3.8) is 0 Å². The highest BCUT2D eigenvalue weighted by Crippen LogP contribution is 2.38. The molecule has 2 aromatic carbocycles. The smallest absolute Gasteiger partial charge is 0.407 e. The molecule has 3 heterocycles. The first-order chi connectivity index (χ1) is 19.7. The molecule has 0 spiro atoms. The molecule has 0 saturated carbocycles. The summed E-state index contributed by atoms with van der Waals surface area (Å²) in [7, 11) is 5.46. The van der Waals surface area contributed by atoms with E-state index < -0.39 is 11.9 Å². The molecule has 12 heteroatoms. The van der Waals surface area contributed by atoms with Crippen LogP contribution >= 0.6 is 0 Å². The molecular weight excluding hydrogens is 531 g/mol. The van der Waals surface area contributed by atoms with Crippen LogP contribution in [0.1, 0.15) is 18.2 Å². The Hall–Kier alpha value is -3.90. The molecule has 2 aliphatic heterocycles. The van der Waals surface area contributed by atoms with Crippen LogP contribution in [0, 0.1) is 5.82 Å². The van der Waals surface area contributed by atoms with Gasteiger partial charge in [-0.05, 0) is 27.4 Å². The van der Waals surface area contributed by atoms with Gasteiger partial charge in [0.2, 0.25) is 0 Å². The molecular formula is C29H37FN6O5. The SMILES string of the molecule is COCOc1cc(N2CCc3c(nc(OC(C)CN(C)C)nc3N3CCN(C(=O)O)CC3)C2)c2ccccc2c1F. The highest BCUT2D eigenvalue weighted by Gasteiger charge is 2.30. The molecule has 1 saturated heterocycles. The second kappa shape index (κ2) is 12.3. The molecule has 3 aromatic rings. The fourth-order valence-corrected chi connectivity index (χ4v) is 5.53. The number of benzene rings is 2. The van der Waals surface area contributed by atoms with Crippen molar-refractivity contribution >= 4 is 28.4 Å². The minimum absolute atomic E-state index is 0.0604. The number of methoxy groups -OCH3 is 1. The highest BCUT2D eigenvalue weighted by atomic mass is 19.1. The Bertz CT molecular complexity index is 1400. The van der Waals surface area contributed by atoms with Crippen molar-refractivity contribution in [1.82, 2.24) is 19.8 Å². The average Bonchev–Trinajstić information content (AvgIpc) is 2.96. The third kappa shape index (κ3) is 6.23. The number of carbonyl (C=O) groups is 1. The van der Waals surface area contributed by atoms with Gasteiger partial charge in [-0.25, -0.2) is 9.18 Å². The lowest BCUT2D eigenvalue weighted by Gasteiger charge is -2.37. The fourth-order valence-electron chi connectivity index (χ4n) is 5.53. The maximum absolute atomic E-state index is 15.3. The lowest BCUT2D eigenvalue weighted by Crippen LogP contribution is -2.49. The second-order valence-electron chi connectivity index (χ2n) is 10.7. The molecule has 11 nitrogen and oxygen atoms in total. The molecule has 1 unspecified atom stereocenters. The number of likely N-dealkylation sites (N-methyl/N-ethyl adjacent to an activating group) is 1. The third-order valence-electron chi connectivity index (χ3n) is 7.40. The van der Waals surface area contributed by atoms with E-state index in [0.29, 0.717) is 63.6 Å². The molecule has 1 atom stereocenters. The molecule has 5 rings (SSSR count). The largest absolute Gasteiger partial charge is 0.465 e. The summed E-state index contributed by atoms with van der Waals surface area (Å²) in [6.45, 7) is 5.63. The number of hydrogen-bond donors (Lipinski definition) is 1. The van der Waals surface area contributed by atoms with Crippen LogP contribution < -0.4 is 19.3 Å². The van der Waals surface area contributed by atoms with Gasteiger partial charge in [0.15, 0.2) is 18.4 Å². The maximum Gasteiger partial charge on any atom is 0.407 e. The molecule has 220 valence electrons.